The van der Waals surface area contributed by atoms with Crippen molar-refractivity contribution in [2.45, 2.75) is 11.1 Å². The second-order valence-electron chi connectivity index (χ2n) is 8.33. The summed E-state index contributed by atoms with van der Waals surface area (Å²) in [5.74, 6) is -0.252. The molecule has 0 aliphatic heterocycles. The molecule has 2 N–H and O–H groups in total. The third-order valence-electron chi connectivity index (χ3n) is 5.95. The SMILES string of the molecule is COc1ccc(-n2nc(C(F)(F)F)cc2C(=O)n2ccc3cc(-c4ccccc4S(N)(=O)=O)ccc32)cc1. The van der Waals surface area contributed by atoms with Crippen LogP contribution in [0, 0.1) is 0 Å². The van der Waals surface area contributed by atoms with Gasteiger partial charge in [0.25, 0.3) is 5.91 Å². The summed E-state index contributed by atoms with van der Waals surface area (Å²) in [7, 11) is -2.54. The number of carbonyl (C=O) groups excluding carboxylic acids is 1. The van der Waals surface area contributed by atoms with Gasteiger partial charge in [0, 0.05) is 23.2 Å². The molecule has 5 aromatic rings. The molecule has 8 nitrogen and oxygen atoms in total. The normalized spacial score (nSPS) is 12.1. The molecule has 0 amide bonds. The predicted molar refractivity (Wildman–Crippen MR) is 134 cm³/mol. The Morgan fingerprint density at radius 3 is 2.34 bits per heavy atom. The first-order valence-corrected chi connectivity index (χ1v) is 12.6. The summed E-state index contributed by atoms with van der Waals surface area (Å²) < 4.78 is 71.9. The van der Waals surface area contributed by atoms with E-state index in [0.717, 1.165) is 4.68 Å². The number of halogens is 3. The summed E-state index contributed by atoms with van der Waals surface area (Å²) in [4.78, 5) is 13.5. The van der Waals surface area contributed by atoms with Crippen LogP contribution in [-0.2, 0) is 16.2 Å². The first kappa shape index (κ1) is 25.2. The second kappa shape index (κ2) is 9.15. The highest BCUT2D eigenvalue weighted by atomic mass is 32.2. The number of nitrogens with zero attached hydrogens (tertiary/aromatic N) is 3. The van der Waals surface area contributed by atoms with Crippen molar-refractivity contribution in [3.8, 4) is 22.6 Å². The van der Waals surface area contributed by atoms with Crippen molar-refractivity contribution < 1.29 is 31.1 Å². The molecule has 38 heavy (non-hydrogen) atoms. The lowest BCUT2D eigenvalue weighted by atomic mass is 10.0. The maximum Gasteiger partial charge on any atom is 0.435 e. The van der Waals surface area contributed by atoms with Gasteiger partial charge in [-0.15, -0.1) is 0 Å². The molecule has 0 aliphatic rings. The molecule has 0 bridgehead atoms. The van der Waals surface area contributed by atoms with Crippen LogP contribution in [0.4, 0.5) is 13.2 Å². The molecular formula is C26H19F3N4O4S. The van der Waals surface area contributed by atoms with E-state index in [9.17, 15) is 26.4 Å². The average molecular weight is 541 g/mol. The molecule has 194 valence electrons. The monoisotopic (exact) mass is 540 g/mol. The first-order chi connectivity index (χ1) is 18.0. The molecule has 0 radical (unpaired) electrons. The summed E-state index contributed by atoms with van der Waals surface area (Å²) in [6.07, 6.45) is -3.34. The number of fused-ring (bicyclic) bond motifs is 1. The third-order valence-corrected chi connectivity index (χ3v) is 6.92. The molecule has 0 aliphatic carbocycles. The number of sulfonamides is 1. The number of methoxy groups -OCH3 is 1. The van der Waals surface area contributed by atoms with E-state index in [4.69, 9.17) is 9.88 Å². The molecule has 12 heteroatoms. The van der Waals surface area contributed by atoms with Crippen LogP contribution < -0.4 is 9.88 Å². The van der Waals surface area contributed by atoms with Gasteiger partial charge in [-0.3, -0.25) is 9.36 Å². The third kappa shape index (κ3) is 4.55. The van der Waals surface area contributed by atoms with E-state index < -0.39 is 27.8 Å². The van der Waals surface area contributed by atoms with Crippen LogP contribution >= 0.6 is 0 Å². The van der Waals surface area contributed by atoms with Crippen LogP contribution in [0.1, 0.15) is 16.2 Å². The number of ether oxygens (including phenoxy) is 1. The van der Waals surface area contributed by atoms with Gasteiger partial charge in [0.05, 0.1) is 23.2 Å². The molecule has 0 atom stereocenters. The van der Waals surface area contributed by atoms with Crippen molar-refractivity contribution in [2.75, 3.05) is 7.11 Å². The van der Waals surface area contributed by atoms with E-state index >= 15 is 0 Å². The Morgan fingerprint density at radius 2 is 1.68 bits per heavy atom. The number of primary sulfonamides is 1. The maximum absolute atomic E-state index is 13.5. The Kier molecular flexibility index (Phi) is 6.08. The second-order valence-corrected chi connectivity index (χ2v) is 9.86. The van der Waals surface area contributed by atoms with E-state index in [2.05, 4.69) is 5.10 Å². The summed E-state index contributed by atoms with van der Waals surface area (Å²) in [5.41, 5.74) is 0.0443. The van der Waals surface area contributed by atoms with Crippen molar-refractivity contribution in [2.24, 2.45) is 5.14 Å². The lowest BCUT2D eigenvalue weighted by Gasteiger charge is -2.10. The summed E-state index contributed by atoms with van der Waals surface area (Å²) in [5, 5.41) is 9.57. The van der Waals surface area contributed by atoms with Crippen molar-refractivity contribution in [1.29, 1.82) is 0 Å². The Bertz CT molecular complexity index is 1790. The zero-order chi connectivity index (χ0) is 27.2. The van der Waals surface area contributed by atoms with Gasteiger partial charge in [-0.2, -0.15) is 18.3 Å². The molecule has 0 fully saturated rings. The van der Waals surface area contributed by atoms with Gasteiger partial charge in [0.15, 0.2) is 5.69 Å². The van der Waals surface area contributed by atoms with Crippen LogP contribution in [0.15, 0.2) is 90.0 Å². The van der Waals surface area contributed by atoms with Gasteiger partial charge in [0.2, 0.25) is 10.0 Å². The smallest absolute Gasteiger partial charge is 0.435 e. The number of hydrogen-bond donors (Lipinski definition) is 1. The van der Waals surface area contributed by atoms with Crippen molar-refractivity contribution in [3.05, 3.63) is 96.4 Å². The Morgan fingerprint density at radius 1 is 0.974 bits per heavy atom. The summed E-state index contributed by atoms with van der Waals surface area (Å²) >= 11 is 0. The number of hydrogen-bond acceptors (Lipinski definition) is 5. The molecule has 2 heterocycles. The zero-order valence-electron chi connectivity index (χ0n) is 19.7. The Hall–Kier alpha value is -4.42. The van der Waals surface area contributed by atoms with E-state index in [-0.39, 0.29) is 16.3 Å². The predicted octanol–water partition coefficient (Wildman–Crippen LogP) is 4.86. The van der Waals surface area contributed by atoms with Crippen LogP contribution in [0.25, 0.3) is 27.7 Å². The van der Waals surface area contributed by atoms with Gasteiger partial charge in [0.1, 0.15) is 11.4 Å². The van der Waals surface area contributed by atoms with E-state index in [1.165, 1.54) is 36.1 Å². The zero-order valence-corrected chi connectivity index (χ0v) is 20.5. The van der Waals surface area contributed by atoms with Crippen molar-refractivity contribution in [3.63, 3.8) is 0 Å². The van der Waals surface area contributed by atoms with Gasteiger partial charge in [-0.1, -0.05) is 24.3 Å². The Labute approximate surface area is 214 Å². The topological polar surface area (TPSA) is 109 Å². The Balaban J connectivity index is 1.60. The van der Waals surface area contributed by atoms with Gasteiger partial charge >= 0.3 is 6.18 Å². The fourth-order valence-corrected chi connectivity index (χ4v) is 4.92. The standard InChI is InChI=1S/C26H19F3N4O4S/c1-37-19-9-7-18(8-10-19)33-22(15-24(31-33)26(27,28)29)25(34)32-13-12-17-14-16(6-11-21(17)32)20-4-2-3-5-23(20)38(30,35)36/h2-15H,1H3,(H2,30,35,36). The molecular weight excluding hydrogens is 521 g/mol. The maximum atomic E-state index is 13.5. The highest BCUT2D eigenvalue weighted by Gasteiger charge is 2.36. The number of aromatic nitrogens is 3. The largest absolute Gasteiger partial charge is 0.497 e. The number of rotatable bonds is 5. The molecule has 0 unspecified atom stereocenters. The summed E-state index contributed by atoms with van der Waals surface area (Å²) in [6, 6.07) is 19.5. The minimum Gasteiger partial charge on any atom is -0.497 e. The van der Waals surface area contributed by atoms with Crippen molar-refractivity contribution in [1.82, 2.24) is 14.3 Å². The summed E-state index contributed by atoms with van der Waals surface area (Å²) in [6.45, 7) is 0. The minimum absolute atomic E-state index is 0.0575. The number of nitrogens with two attached hydrogens (primary N) is 1. The lowest BCUT2D eigenvalue weighted by molar-refractivity contribution is -0.141. The fourth-order valence-electron chi connectivity index (χ4n) is 4.16. The quantitative estimate of drug-likeness (QED) is 0.343. The van der Waals surface area contributed by atoms with Crippen LogP contribution in [0.2, 0.25) is 0 Å². The van der Waals surface area contributed by atoms with Crippen LogP contribution in [0.3, 0.4) is 0 Å². The molecule has 0 spiro atoms. The number of alkyl halides is 3. The molecule has 0 saturated carbocycles. The molecule has 0 saturated heterocycles. The van der Waals surface area contributed by atoms with Crippen LogP contribution in [-0.4, -0.2) is 35.8 Å². The van der Waals surface area contributed by atoms with Gasteiger partial charge < -0.3 is 4.74 Å². The average Bonchev–Trinajstić information content (AvgIpc) is 3.53. The van der Waals surface area contributed by atoms with E-state index in [0.29, 0.717) is 33.8 Å². The molecule has 5 rings (SSSR count). The van der Waals surface area contributed by atoms with Gasteiger partial charge in [-0.25, -0.2) is 18.2 Å². The fraction of sp³-hybridized carbons (Fsp3) is 0.0769. The molecule has 3 aromatic carbocycles. The number of benzene rings is 3. The first-order valence-electron chi connectivity index (χ1n) is 11.1. The molecule has 2 aromatic heterocycles. The van der Waals surface area contributed by atoms with E-state index in [1.54, 1.807) is 54.6 Å². The highest BCUT2D eigenvalue weighted by Crippen LogP contribution is 2.32. The minimum atomic E-state index is -4.77. The van der Waals surface area contributed by atoms with Crippen LogP contribution in [0.5, 0.6) is 5.75 Å². The lowest BCUT2D eigenvalue weighted by Crippen LogP contribution is -2.16. The number of carbonyl (C=O) groups is 1. The highest BCUT2D eigenvalue weighted by molar-refractivity contribution is 7.89. The van der Waals surface area contributed by atoms with Gasteiger partial charge in [-0.05, 0) is 54.1 Å². The van der Waals surface area contributed by atoms with Crippen molar-refractivity contribution >= 4 is 26.8 Å². The van der Waals surface area contributed by atoms with E-state index in [1.807, 2.05) is 0 Å².